The Hall–Kier alpha value is -1.49. The van der Waals surface area contributed by atoms with Crippen LogP contribution in [0.4, 0.5) is 8.78 Å². The van der Waals surface area contributed by atoms with Gasteiger partial charge in [-0.05, 0) is 18.6 Å². The number of likely N-dealkylation sites (tertiary alicyclic amines) is 1. The molecule has 1 heterocycles. The maximum absolute atomic E-state index is 13.7. The van der Waals surface area contributed by atoms with Crippen molar-refractivity contribution in [2.45, 2.75) is 19.8 Å². The molecule has 1 aromatic carbocycles. The second kappa shape index (κ2) is 5.87. The third-order valence-corrected chi connectivity index (χ3v) is 3.83. The van der Waals surface area contributed by atoms with E-state index in [2.05, 4.69) is 0 Å². The fourth-order valence-corrected chi connectivity index (χ4v) is 2.46. The molecule has 20 heavy (non-hydrogen) atoms. The zero-order valence-corrected chi connectivity index (χ0v) is 11.7. The predicted octanol–water partition coefficient (Wildman–Crippen LogP) is 3.06. The Balaban J connectivity index is 2.24. The topological polar surface area (TPSA) is 37.4 Å². The average molecular weight is 302 g/mol. The molecule has 0 spiro atoms. The first-order chi connectivity index (χ1) is 9.43. The molecule has 6 heteroatoms. The minimum atomic E-state index is -0.855. The van der Waals surface area contributed by atoms with E-state index in [-0.39, 0.29) is 41.8 Å². The number of Topliss-reactive ketones (excluding diaryl/α,β-unsaturated/α-hetero) is 1. The molecular formula is C14H14ClF2NO2. The Bertz CT molecular complexity index is 562. The van der Waals surface area contributed by atoms with Crippen LogP contribution in [0.2, 0.25) is 5.02 Å². The number of amides is 1. The normalized spacial score (nSPS) is 19.3. The van der Waals surface area contributed by atoms with E-state index in [1.165, 1.54) is 4.90 Å². The summed E-state index contributed by atoms with van der Waals surface area (Å²) in [5, 5.41) is -0.362. The van der Waals surface area contributed by atoms with Crippen molar-refractivity contribution in [1.82, 2.24) is 4.90 Å². The number of hydrogen-bond donors (Lipinski definition) is 0. The molecule has 1 fully saturated rings. The van der Waals surface area contributed by atoms with Gasteiger partial charge in [-0.2, -0.15) is 0 Å². The van der Waals surface area contributed by atoms with E-state index in [0.29, 0.717) is 6.42 Å². The van der Waals surface area contributed by atoms with Gasteiger partial charge in [0.1, 0.15) is 17.4 Å². The molecule has 0 aromatic heterocycles. The van der Waals surface area contributed by atoms with Crippen LogP contribution >= 0.6 is 11.6 Å². The Morgan fingerprint density at radius 1 is 1.40 bits per heavy atom. The van der Waals surface area contributed by atoms with Gasteiger partial charge in [0.15, 0.2) is 0 Å². The third-order valence-electron chi connectivity index (χ3n) is 3.54. The molecule has 2 rings (SSSR count). The maximum atomic E-state index is 13.7. The van der Waals surface area contributed by atoms with Crippen molar-refractivity contribution in [3.63, 3.8) is 0 Å². The first-order valence-electron chi connectivity index (χ1n) is 6.40. The molecule has 0 aliphatic carbocycles. The summed E-state index contributed by atoms with van der Waals surface area (Å²) in [6.45, 7) is 2.34. The fourth-order valence-electron chi connectivity index (χ4n) is 2.31. The fraction of sp³-hybridized carbons (Fsp3) is 0.429. The predicted molar refractivity (Wildman–Crippen MR) is 70.7 cm³/mol. The monoisotopic (exact) mass is 301 g/mol. The summed E-state index contributed by atoms with van der Waals surface area (Å²) in [7, 11) is 0. The van der Waals surface area contributed by atoms with Gasteiger partial charge in [0, 0.05) is 25.4 Å². The highest BCUT2D eigenvalue weighted by atomic mass is 35.5. The van der Waals surface area contributed by atoms with E-state index in [9.17, 15) is 18.4 Å². The maximum Gasteiger partial charge on any atom is 0.256 e. The van der Waals surface area contributed by atoms with Crippen LogP contribution in [0.3, 0.4) is 0 Å². The molecular weight excluding hydrogens is 288 g/mol. The molecule has 0 N–H and O–H groups in total. The third kappa shape index (κ3) is 2.82. The van der Waals surface area contributed by atoms with Crippen LogP contribution in [-0.2, 0) is 4.79 Å². The van der Waals surface area contributed by atoms with Crippen LogP contribution in [-0.4, -0.2) is 29.7 Å². The van der Waals surface area contributed by atoms with Crippen LogP contribution in [0, 0.1) is 17.6 Å². The molecule has 1 unspecified atom stereocenters. The summed E-state index contributed by atoms with van der Waals surface area (Å²) in [5.41, 5.74) is -0.351. The molecule has 1 aliphatic rings. The molecule has 1 aromatic rings. The van der Waals surface area contributed by atoms with Crippen LogP contribution in [0.25, 0.3) is 0 Å². The summed E-state index contributed by atoms with van der Waals surface area (Å²) in [6.07, 6.45) is 0.877. The van der Waals surface area contributed by atoms with Crippen LogP contribution in [0.5, 0.6) is 0 Å². The van der Waals surface area contributed by atoms with Gasteiger partial charge in [0.25, 0.3) is 5.91 Å². The van der Waals surface area contributed by atoms with E-state index >= 15 is 0 Å². The second-order valence-electron chi connectivity index (χ2n) is 4.82. The SMILES string of the molecule is CCC1CN(C(=O)c2cc(F)c(Cl)cc2F)CCC1=O. The second-order valence-corrected chi connectivity index (χ2v) is 5.23. The van der Waals surface area contributed by atoms with E-state index in [0.717, 1.165) is 12.1 Å². The van der Waals surface area contributed by atoms with E-state index in [4.69, 9.17) is 11.6 Å². The lowest BCUT2D eigenvalue weighted by Crippen LogP contribution is -2.44. The first-order valence-corrected chi connectivity index (χ1v) is 6.78. The van der Waals surface area contributed by atoms with Crippen molar-refractivity contribution in [2.75, 3.05) is 13.1 Å². The molecule has 1 aliphatic heterocycles. The van der Waals surface area contributed by atoms with Crippen molar-refractivity contribution in [1.29, 1.82) is 0 Å². The lowest BCUT2D eigenvalue weighted by molar-refractivity contribution is -0.125. The van der Waals surface area contributed by atoms with Gasteiger partial charge < -0.3 is 4.90 Å². The summed E-state index contributed by atoms with van der Waals surface area (Å²) in [5.74, 6) is -2.42. The number of nitrogens with zero attached hydrogens (tertiary/aromatic N) is 1. The average Bonchev–Trinajstić information content (AvgIpc) is 2.42. The van der Waals surface area contributed by atoms with E-state index in [1.54, 1.807) is 0 Å². The smallest absolute Gasteiger partial charge is 0.256 e. The van der Waals surface area contributed by atoms with Gasteiger partial charge in [-0.3, -0.25) is 9.59 Å². The number of piperidine rings is 1. The summed E-state index contributed by atoms with van der Waals surface area (Å²) in [4.78, 5) is 25.2. The van der Waals surface area contributed by atoms with E-state index in [1.807, 2.05) is 6.92 Å². The van der Waals surface area contributed by atoms with Gasteiger partial charge in [-0.25, -0.2) is 8.78 Å². The number of ketones is 1. The van der Waals surface area contributed by atoms with Gasteiger partial charge in [0.2, 0.25) is 0 Å². The van der Waals surface area contributed by atoms with Crippen LogP contribution in [0.1, 0.15) is 30.1 Å². The van der Waals surface area contributed by atoms with Crippen LogP contribution in [0.15, 0.2) is 12.1 Å². The highest BCUT2D eigenvalue weighted by Gasteiger charge is 2.30. The number of carbonyl (C=O) groups is 2. The Kier molecular flexibility index (Phi) is 4.38. The molecule has 1 amide bonds. The number of benzene rings is 1. The molecule has 0 saturated carbocycles. The standard InChI is InChI=1S/C14H14ClF2NO2/c1-2-8-7-18(4-3-13(8)19)14(20)9-5-12(17)10(15)6-11(9)16/h5-6,8H,2-4,7H2,1H3. The zero-order chi connectivity index (χ0) is 14.9. The number of carbonyl (C=O) groups excluding carboxylic acids is 2. The summed E-state index contributed by atoms with van der Waals surface area (Å²) in [6, 6.07) is 1.59. The Morgan fingerprint density at radius 3 is 2.75 bits per heavy atom. The van der Waals surface area contributed by atoms with Crippen LogP contribution < -0.4 is 0 Å². The van der Waals surface area contributed by atoms with Crippen molar-refractivity contribution < 1.29 is 18.4 Å². The molecule has 0 radical (unpaired) electrons. The summed E-state index contributed by atoms with van der Waals surface area (Å²) >= 11 is 5.46. The Labute approximate surface area is 120 Å². The molecule has 1 saturated heterocycles. The van der Waals surface area contributed by atoms with Crippen molar-refractivity contribution in [2.24, 2.45) is 5.92 Å². The first kappa shape index (κ1) is 14.9. The molecule has 1 atom stereocenters. The number of rotatable bonds is 2. The van der Waals surface area contributed by atoms with Gasteiger partial charge >= 0.3 is 0 Å². The van der Waals surface area contributed by atoms with Gasteiger partial charge in [-0.1, -0.05) is 18.5 Å². The lowest BCUT2D eigenvalue weighted by Gasteiger charge is -2.31. The minimum absolute atomic E-state index is 0.110. The van der Waals surface area contributed by atoms with E-state index < -0.39 is 17.5 Å². The lowest BCUT2D eigenvalue weighted by atomic mass is 9.93. The largest absolute Gasteiger partial charge is 0.337 e. The molecule has 3 nitrogen and oxygen atoms in total. The Morgan fingerprint density at radius 2 is 2.10 bits per heavy atom. The highest BCUT2D eigenvalue weighted by molar-refractivity contribution is 6.30. The minimum Gasteiger partial charge on any atom is -0.337 e. The van der Waals surface area contributed by atoms with Gasteiger partial charge in [0.05, 0.1) is 10.6 Å². The number of halogens is 3. The number of hydrogen-bond acceptors (Lipinski definition) is 2. The van der Waals surface area contributed by atoms with Crippen molar-refractivity contribution in [3.05, 3.63) is 34.4 Å². The quantitative estimate of drug-likeness (QED) is 0.787. The zero-order valence-electron chi connectivity index (χ0n) is 11.0. The summed E-state index contributed by atoms with van der Waals surface area (Å²) < 4.78 is 27.1. The van der Waals surface area contributed by atoms with Crippen molar-refractivity contribution in [3.8, 4) is 0 Å². The van der Waals surface area contributed by atoms with Crippen molar-refractivity contribution >= 4 is 23.3 Å². The highest BCUT2D eigenvalue weighted by Crippen LogP contribution is 2.23. The van der Waals surface area contributed by atoms with Gasteiger partial charge in [-0.15, -0.1) is 0 Å². The molecule has 108 valence electrons. The molecule has 0 bridgehead atoms.